The molecule has 2 aromatic rings. The van der Waals surface area contributed by atoms with Crippen molar-refractivity contribution in [1.82, 2.24) is 10.7 Å². The Morgan fingerprint density at radius 1 is 1.18 bits per heavy atom. The first-order valence-corrected chi connectivity index (χ1v) is 7.38. The van der Waals surface area contributed by atoms with Crippen LogP contribution in [0.1, 0.15) is 22.3 Å². The lowest BCUT2D eigenvalue weighted by Gasteiger charge is -2.07. The van der Waals surface area contributed by atoms with E-state index in [1.165, 1.54) is 0 Å². The van der Waals surface area contributed by atoms with Gasteiger partial charge in [-0.05, 0) is 60.5 Å². The van der Waals surface area contributed by atoms with E-state index in [9.17, 15) is 5.11 Å². The molecule has 0 fully saturated rings. The molecule has 2 aromatic carbocycles. The molecule has 0 aliphatic heterocycles. The molecule has 0 saturated carbocycles. The lowest BCUT2D eigenvalue weighted by atomic mass is 10.1. The number of aromatic hydroxyl groups is 1. The Labute approximate surface area is 135 Å². The summed E-state index contributed by atoms with van der Waals surface area (Å²) in [4.78, 5) is 0. The van der Waals surface area contributed by atoms with Crippen LogP contribution in [0.5, 0.6) is 5.75 Å². The second-order valence-corrected chi connectivity index (χ2v) is 5.45. The maximum atomic E-state index is 9.73. The van der Waals surface area contributed by atoms with Gasteiger partial charge in [0.25, 0.3) is 0 Å². The zero-order chi connectivity index (χ0) is 15.9. The first-order chi connectivity index (χ1) is 10.6. The third-order valence-electron chi connectivity index (χ3n) is 3.19. The Hall–Kier alpha value is -2.40. The van der Waals surface area contributed by atoms with Crippen molar-refractivity contribution in [2.24, 2.45) is 5.10 Å². The quantitative estimate of drug-likeness (QED) is 0.461. The molecule has 5 heteroatoms. The molecule has 114 valence electrons. The van der Waals surface area contributed by atoms with Gasteiger partial charge in [0.2, 0.25) is 0 Å². The normalized spacial score (nSPS) is 10.6. The van der Waals surface area contributed by atoms with Crippen LogP contribution in [0.2, 0.25) is 0 Å². The molecule has 0 spiro atoms. The number of thiocarbonyl (C=S) groups is 1. The van der Waals surface area contributed by atoms with E-state index in [1.54, 1.807) is 6.21 Å². The van der Waals surface area contributed by atoms with Crippen LogP contribution in [0.25, 0.3) is 0 Å². The minimum absolute atomic E-state index is 0.324. The van der Waals surface area contributed by atoms with Crippen LogP contribution in [0, 0.1) is 13.8 Å². The SMILES string of the molecule is Cc1cc(/C=N/NC(=S)NCc2ccccc2)cc(C)c1O. The summed E-state index contributed by atoms with van der Waals surface area (Å²) in [5.74, 6) is 0.324. The van der Waals surface area contributed by atoms with E-state index in [0.29, 0.717) is 17.4 Å². The molecule has 0 bridgehead atoms. The van der Waals surface area contributed by atoms with Crippen LogP contribution < -0.4 is 10.7 Å². The second kappa shape index (κ2) is 7.56. The average molecular weight is 313 g/mol. The van der Waals surface area contributed by atoms with Crippen molar-refractivity contribution in [3.05, 3.63) is 64.7 Å². The van der Waals surface area contributed by atoms with Gasteiger partial charge in [-0.15, -0.1) is 0 Å². The molecule has 0 aliphatic rings. The Bertz CT molecular complexity index is 661. The van der Waals surface area contributed by atoms with Gasteiger partial charge >= 0.3 is 0 Å². The van der Waals surface area contributed by atoms with Gasteiger partial charge in [-0.2, -0.15) is 5.10 Å². The molecule has 0 atom stereocenters. The summed E-state index contributed by atoms with van der Waals surface area (Å²) >= 11 is 5.16. The van der Waals surface area contributed by atoms with Gasteiger partial charge in [-0.3, -0.25) is 5.43 Å². The van der Waals surface area contributed by atoms with E-state index in [2.05, 4.69) is 15.8 Å². The molecule has 0 saturated heterocycles. The molecule has 2 rings (SSSR count). The number of nitrogens with one attached hydrogen (secondary N) is 2. The lowest BCUT2D eigenvalue weighted by molar-refractivity contribution is 0.467. The minimum atomic E-state index is 0.324. The van der Waals surface area contributed by atoms with E-state index in [0.717, 1.165) is 22.3 Å². The van der Waals surface area contributed by atoms with Gasteiger partial charge in [-0.25, -0.2) is 0 Å². The van der Waals surface area contributed by atoms with Crippen LogP contribution in [-0.4, -0.2) is 16.4 Å². The zero-order valence-electron chi connectivity index (χ0n) is 12.6. The summed E-state index contributed by atoms with van der Waals surface area (Å²) in [5.41, 5.74) is 6.49. The average Bonchev–Trinajstić information content (AvgIpc) is 2.51. The third-order valence-corrected chi connectivity index (χ3v) is 3.42. The van der Waals surface area contributed by atoms with E-state index >= 15 is 0 Å². The van der Waals surface area contributed by atoms with Crippen LogP contribution in [0.15, 0.2) is 47.6 Å². The summed E-state index contributed by atoms with van der Waals surface area (Å²) in [6.45, 7) is 4.37. The summed E-state index contributed by atoms with van der Waals surface area (Å²) < 4.78 is 0. The highest BCUT2D eigenvalue weighted by Gasteiger charge is 2.01. The Kier molecular flexibility index (Phi) is 5.49. The van der Waals surface area contributed by atoms with Crippen molar-refractivity contribution in [2.75, 3.05) is 0 Å². The van der Waals surface area contributed by atoms with Crippen molar-refractivity contribution in [3.63, 3.8) is 0 Å². The number of rotatable bonds is 4. The number of benzene rings is 2. The number of phenols is 1. The number of aryl methyl sites for hydroxylation is 2. The molecule has 0 heterocycles. The first kappa shape index (κ1) is 16.0. The van der Waals surface area contributed by atoms with Crippen LogP contribution in [0.3, 0.4) is 0 Å². The van der Waals surface area contributed by atoms with E-state index in [4.69, 9.17) is 12.2 Å². The molecule has 3 N–H and O–H groups in total. The summed E-state index contributed by atoms with van der Waals surface area (Å²) in [7, 11) is 0. The highest BCUT2D eigenvalue weighted by Crippen LogP contribution is 2.21. The maximum absolute atomic E-state index is 9.73. The topological polar surface area (TPSA) is 56.7 Å². The lowest BCUT2D eigenvalue weighted by Crippen LogP contribution is -2.31. The molecule has 0 aliphatic carbocycles. The zero-order valence-corrected chi connectivity index (χ0v) is 13.4. The number of hydrazone groups is 1. The number of nitrogens with zero attached hydrogens (tertiary/aromatic N) is 1. The minimum Gasteiger partial charge on any atom is -0.507 e. The van der Waals surface area contributed by atoms with Crippen LogP contribution >= 0.6 is 12.2 Å². The molecular weight excluding hydrogens is 294 g/mol. The van der Waals surface area contributed by atoms with Crippen LogP contribution in [0.4, 0.5) is 0 Å². The predicted octanol–water partition coefficient (Wildman–Crippen LogP) is 3.01. The van der Waals surface area contributed by atoms with Gasteiger partial charge in [-0.1, -0.05) is 30.3 Å². The molecular formula is C17H19N3OS. The second-order valence-electron chi connectivity index (χ2n) is 5.04. The summed E-state index contributed by atoms with van der Waals surface area (Å²) in [6.07, 6.45) is 1.68. The van der Waals surface area contributed by atoms with Crippen LogP contribution in [-0.2, 0) is 6.54 Å². The summed E-state index contributed by atoms with van der Waals surface area (Å²) in [5, 5.41) is 17.4. The molecule has 0 radical (unpaired) electrons. The smallest absolute Gasteiger partial charge is 0.187 e. The molecule has 0 amide bonds. The molecule has 4 nitrogen and oxygen atoms in total. The van der Waals surface area contributed by atoms with Gasteiger partial charge < -0.3 is 10.4 Å². The van der Waals surface area contributed by atoms with E-state index in [1.807, 2.05) is 56.3 Å². The van der Waals surface area contributed by atoms with E-state index < -0.39 is 0 Å². The maximum Gasteiger partial charge on any atom is 0.187 e. The van der Waals surface area contributed by atoms with Crippen molar-refractivity contribution < 1.29 is 5.11 Å². The van der Waals surface area contributed by atoms with Gasteiger partial charge in [0.05, 0.1) is 6.21 Å². The monoisotopic (exact) mass is 313 g/mol. The highest BCUT2D eigenvalue weighted by molar-refractivity contribution is 7.80. The number of hydrogen-bond acceptors (Lipinski definition) is 3. The Balaban J connectivity index is 1.85. The fraction of sp³-hybridized carbons (Fsp3) is 0.176. The number of phenolic OH excluding ortho intramolecular Hbond substituents is 1. The van der Waals surface area contributed by atoms with Crippen molar-refractivity contribution in [2.45, 2.75) is 20.4 Å². The third kappa shape index (κ3) is 4.56. The predicted molar refractivity (Wildman–Crippen MR) is 94.2 cm³/mol. The fourth-order valence-corrected chi connectivity index (χ4v) is 2.17. The molecule has 22 heavy (non-hydrogen) atoms. The first-order valence-electron chi connectivity index (χ1n) is 6.97. The Morgan fingerprint density at radius 2 is 1.82 bits per heavy atom. The summed E-state index contributed by atoms with van der Waals surface area (Å²) in [6, 6.07) is 13.7. The molecule has 0 aromatic heterocycles. The fourth-order valence-electron chi connectivity index (χ4n) is 2.05. The standard InChI is InChI=1S/C17H19N3OS/c1-12-8-15(9-13(2)16(12)21)11-19-20-17(22)18-10-14-6-4-3-5-7-14/h3-9,11,21H,10H2,1-2H3,(H2,18,20,22)/b19-11+. The van der Waals surface area contributed by atoms with Gasteiger partial charge in [0.1, 0.15) is 5.75 Å². The van der Waals surface area contributed by atoms with E-state index in [-0.39, 0.29) is 0 Å². The largest absolute Gasteiger partial charge is 0.507 e. The highest BCUT2D eigenvalue weighted by atomic mass is 32.1. The van der Waals surface area contributed by atoms with Gasteiger partial charge in [0, 0.05) is 6.54 Å². The van der Waals surface area contributed by atoms with Crippen molar-refractivity contribution >= 4 is 23.5 Å². The van der Waals surface area contributed by atoms with Crippen molar-refractivity contribution in [1.29, 1.82) is 0 Å². The Morgan fingerprint density at radius 3 is 2.45 bits per heavy atom. The number of hydrogen-bond donors (Lipinski definition) is 3. The van der Waals surface area contributed by atoms with Crippen molar-refractivity contribution in [3.8, 4) is 5.75 Å². The van der Waals surface area contributed by atoms with Gasteiger partial charge in [0.15, 0.2) is 5.11 Å². The molecule has 0 unspecified atom stereocenters.